The lowest BCUT2D eigenvalue weighted by Crippen LogP contribution is -2.06. The van der Waals surface area contributed by atoms with Gasteiger partial charge in [0.25, 0.3) is 0 Å². The summed E-state index contributed by atoms with van der Waals surface area (Å²) in [5, 5.41) is 8.46. The maximum absolute atomic E-state index is 5.75. The number of thioether (sulfide) groups is 1. The Morgan fingerprint density at radius 2 is 2.21 bits per heavy atom. The molecule has 0 aliphatic rings. The molecule has 0 bridgehead atoms. The summed E-state index contributed by atoms with van der Waals surface area (Å²) in [4.78, 5) is 1.23. The highest BCUT2D eigenvalue weighted by molar-refractivity contribution is 7.98. The van der Waals surface area contributed by atoms with Gasteiger partial charge in [-0.2, -0.15) is 0 Å². The van der Waals surface area contributed by atoms with Crippen LogP contribution < -0.4 is 5.73 Å². The van der Waals surface area contributed by atoms with Crippen molar-refractivity contribution in [3.05, 3.63) is 35.7 Å². The van der Waals surface area contributed by atoms with Crippen LogP contribution in [0.2, 0.25) is 0 Å². The first-order chi connectivity index (χ1) is 9.30. The van der Waals surface area contributed by atoms with E-state index >= 15 is 0 Å². The van der Waals surface area contributed by atoms with Crippen LogP contribution in [0.4, 0.5) is 0 Å². The normalized spacial score (nSPS) is 10.9. The third-order valence-corrected chi connectivity index (χ3v) is 3.83. The Kier molecular flexibility index (Phi) is 4.99. The van der Waals surface area contributed by atoms with Crippen molar-refractivity contribution < 1.29 is 0 Å². The number of hydrogen-bond donors (Lipinski definition) is 1. The second kappa shape index (κ2) is 6.73. The number of aromatic nitrogens is 3. The lowest BCUT2D eigenvalue weighted by molar-refractivity contribution is 0.713. The maximum Gasteiger partial charge on any atom is 0.0999 e. The summed E-state index contributed by atoms with van der Waals surface area (Å²) in [6.45, 7) is 2.63. The van der Waals surface area contributed by atoms with Gasteiger partial charge in [0.05, 0.1) is 17.1 Å². The van der Waals surface area contributed by atoms with E-state index in [-0.39, 0.29) is 0 Å². The molecule has 2 aromatic rings. The maximum atomic E-state index is 5.75. The van der Waals surface area contributed by atoms with Crippen molar-refractivity contribution in [2.45, 2.75) is 37.6 Å². The van der Waals surface area contributed by atoms with Gasteiger partial charge in [0.2, 0.25) is 0 Å². The molecule has 4 nitrogen and oxygen atoms in total. The molecule has 1 aromatic carbocycles. The molecular formula is C14H20N4S. The summed E-state index contributed by atoms with van der Waals surface area (Å²) in [5.74, 6) is 0. The van der Waals surface area contributed by atoms with Crippen LogP contribution in [0.25, 0.3) is 5.69 Å². The Morgan fingerprint density at radius 3 is 2.89 bits per heavy atom. The van der Waals surface area contributed by atoms with Crippen LogP contribution in [0.3, 0.4) is 0 Å². The molecule has 0 amide bonds. The molecule has 0 fully saturated rings. The highest BCUT2D eigenvalue weighted by Gasteiger charge is 2.12. The first kappa shape index (κ1) is 14.1. The second-order valence-corrected chi connectivity index (χ2v) is 5.28. The Labute approximate surface area is 118 Å². The van der Waals surface area contributed by atoms with Crippen molar-refractivity contribution in [3.63, 3.8) is 0 Å². The van der Waals surface area contributed by atoms with Crippen molar-refractivity contribution >= 4 is 11.8 Å². The van der Waals surface area contributed by atoms with Gasteiger partial charge in [0.15, 0.2) is 0 Å². The number of unbranched alkanes of at least 4 members (excludes halogenated alkanes) is 1. The quantitative estimate of drug-likeness (QED) is 0.824. The van der Waals surface area contributed by atoms with Crippen LogP contribution in [0, 0.1) is 0 Å². The Balaban J connectivity index is 2.39. The average Bonchev–Trinajstić information content (AvgIpc) is 2.88. The molecule has 2 N–H and O–H groups in total. The minimum atomic E-state index is 0.446. The van der Waals surface area contributed by atoms with Crippen LogP contribution >= 0.6 is 11.8 Å². The number of rotatable bonds is 6. The van der Waals surface area contributed by atoms with Gasteiger partial charge in [-0.15, -0.1) is 16.9 Å². The molecule has 0 aliphatic heterocycles. The molecule has 0 atom stereocenters. The average molecular weight is 276 g/mol. The third kappa shape index (κ3) is 3.16. The van der Waals surface area contributed by atoms with Crippen molar-refractivity contribution in [3.8, 4) is 5.69 Å². The zero-order valence-corrected chi connectivity index (χ0v) is 12.3. The lowest BCUT2D eigenvalue weighted by Gasteiger charge is -2.08. The molecule has 0 saturated heterocycles. The van der Waals surface area contributed by atoms with E-state index in [0.29, 0.717) is 6.54 Å². The lowest BCUT2D eigenvalue weighted by atomic mass is 10.1. The zero-order chi connectivity index (χ0) is 13.7. The molecule has 0 spiro atoms. The molecule has 2 rings (SSSR count). The zero-order valence-electron chi connectivity index (χ0n) is 11.5. The van der Waals surface area contributed by atoms with E-state index in [1.165, 1.54) is 4.90 Å². The molecule has 19 heavy (non-hydrogen) atoms. The van der Waals surface area contributed by atoms with Gasteiger partial charge in [-0.25, -0.2) is 4.68 Å². The SMILES string of the molecule is CCCCc1c(CN)nnn1-c1cccc(SC)c1. The van der Waals surface area contributed by atoms with E-state index in [1.54, 1.807) is 11.8 Å². The van der Waals surface area contributed by atoms with Gasteiger partial charge in [-0.05, 0) is 37.3 Å². The van der Waals surface area contributed by atoms with E-state index in [4.69, 9.17) is 5.73 Å². The fourth-order valence-corrected chi connectivity index (χ4v) is 2.49. The fourth-order valence-electron chi connectivity index (χ4n) is 2.04. The highest BCUT2D eigenvalue weighted by Crippen LogP contribution is 2.20. The van der Waals surface area contributed by atoms with E-state index in [1.807, 2.05) is 4.68 Å². The molecule has 1 heterocycles. The van der Waals surface area contributed by atoms with Crippen LogP contribution in [0.1, 0.15) is 31.2 Å². The third-order valence-electron chi connectivity index (χ3n) is 3.10. The van der Waals surface area contributed by atoms with Crippen LogP contribution in [0.15, 0.2) is 29.2 Å². The minimum Gasteiger partial charge on any atom is -0.325 e. The van der Waals surface area contributed by atoms with E-state index < -0.39 is 0 Å². The molecule has 0 radical (unpaired) electrons. The standard InChI is InChI=1S/C14H20N4S/c1-3-4-8-14-13(10-15)16-17-18(14)11-6-5-7-12(9-11)19-2/h5-7,9H,3-4,8,10,15H2,1-2H3. The van der Waals surface area contributed by atoms with Gasteiger partial charge in [-0.1, -0.05) is 24.6 Å². The molecule has 102 valence electrons. The summed E-state index contributed by atoms with van der Waals surface area (Å²) < 4.78 is 1.93. The Morgan fingerprint density at radius 1 is 1.37 bits per heavy atom. The van der Waals surface area contributed by atoms with Gasteiger partial charge in [0, 0.05) is 11.4 Å². The fraction of sp³-hybridized carbons (Fsp3) is 0.429. The summed E-state index contributed by atoms with van der Waals surface area (Å²) in [6.07, 6.45) is 5.33. The molecular weight excluding hydrogens is 256 g/mol. The predicted molar refractivity (Wildman–Crippen MR) is 79.6 cm³/mol. The summed E-state index contributed by atoms with van der Waals surface area (Å²) in [6, 6.07) is 8.34. The topological polar surface area (TPSA) is 56.7 Å². The molecule has 1 aromatic heterocycles. The molecule has 0 unspecified atom stereocenters. The molecule has 0 saturated carbocycles. The van der Waals surface area contributed by atoms with Gasteiger partial charge in [-0.3, -0.25) is 0 Å². The van der Waals surface area contributed by atoms with E-state index in [9.17, 15) is 0 Å². The number of nitrogens with two attached hydrogens (primary N) is 1. The predicted octanol–water partition coefficient (Wildman–Crippen LogP) is 2.79. The highest BCUT2D eigenvalue weighted by atomic mass is 32.2. The van der Waals surface area contributed by atoms with Crippen molar-refractivity contribution in [1.82, 2.24) is 15.0 Å². The monoisotopic (exact) mass is 276 g/mol. The van der Waals surface area contributed by atoms with Crippen LogP contribution in [-0.2, 0) is 13.0 Å². The van der Waals surface area contributed by atoms with E-state index in [2.05, 4.69) is 47.8 Å². The Bertz CT molecular complexity index is 536. The molecule has 0 aliphatic carbocycles. The van der Waals surface area contributed by atoms with E-state index in [0.717, 1.165) is 36.3 Å². The number of nitrogens with zero attached hydrogens (tertiary/aromatic N) is 3. The van der Waals surface area contributed by atoms with Gasteiger partial charge >= 0.3 is 0 Å². The van der Waals surface area contributed by atoms with Crippen molar-refractivity contribution in [2.24, 2.45) is 5.73 Å². The largest absolute Gasteiger partial charge is 0.325 e. The first-order valence-corrected chi connectivity index (χ1v) is 7.80. The van der Waals surface area contributed by atoms with Crippen LogP contribution in [0.5, 0.6) is 0 Å². The molecule has 5 heteroatoms. The van der Waals surface area contributed by atoms with Crippen molar-refractivity contribution in [1.29, 1.82) is 0 Å². The van der Waals surface area contributed by atoms with Crippen LogP contribution in [-0.4, -0.2) is 21.2 Å². The summed E-state index contributed by atoms with van der Waals surface area (Å²) in [5.41, 5.74) is 8.86. The summed E-state index contributed by atoms with van der Waals surface area (Å²) in [7, 11) is 0. The minimum absolute atomic E-state index is 0.446. The second-order valence-electron chi connectivity index (χ2n) is 4.40. The van der Waals surface area contributed by atoms with Gasteiger partial charge < -0.3 is 5.73 Å². The number of benzene rings is 1. The first-order valence-electron chi connectivity index (χ1n) is 6.58. The number of hydrogen-bond acceptors (Lipinski definition) is 4. The summed E-state index contributed by atoms with van der Waals surface area (Å²) >= 11 is 1.73. The van der Waals surface area contributed by atoms with Gasteiger partial charge in [0.1, 0.15) is 0 Å². The smallest absolute Gasteiger partial charge is 0.0999 e. The van der Waals surface area contributed by atoms with Crippen molar-refractivity contribution in [2.75, 3.05) is 6.26 Å². The Hall–Kier alpha value is -1.33.